The predicted octanol–water partition coefficient (Wildman–Crippen LogP) is 5.32. The van der Waals surface area contributed by atoms with Crippen LogP contribution in [-0.4, -0.2) is 40.4 Å². The minimum absolute atomic E-state index is 0.0905. The molecule has 2 unspecified atom stereocenters. The summed E-state index contributed by atoms with van der Waals surface area (Å²) in [6.45, 7) is 2.02. The zero-order chi connectivity index (χ0) is 22.4. The maximum atomic E-state index is 12.9. The van der Waals surface area contributed by atoms with Crippen LogP contribution in [0.25, 0.3) is 0 Å². The van der Waals surface area contributed by atoms with Crippen molar-refractivity contribution >= 4 is 28.5 Å². The monoisotopic (exact) mass is 461 g/mol. The number of carbonyl (C=O) groups excluding carboxylic acids is 1. The van der Waals surface area contributed by atoms with Gasteiger partial charge in [0, 0.05) is 32.3 Å². The lowest BCUT2D eigenvalue weighted by Gasteiger charge is -2.23. The van der Waals surface area contributed by atoms with Crippen LogP contribution in [0.2, 0.25) is 0 Å². The van der Waals surface area contributed by atoms with Crippen LogP contribution in [0.1, 0.15) is 51.9 Å². The molecule has 0 bridgehead atoms. The Kier molecular flexibility index (Phi) is 8.16. The van der Waals surface area contributed by atoms with Crippen molar-refractivity contribution in [2.45, 2.75) is 69.2 Å². The first-order valence-electron chi connectivity index (χ1n) is 10.3. The number of nitrogens with zero attached hydrogens (tertiary/aromatic N) is 2. The van der Waals surface area contributed by atoms with Gasteiger partial charge in [0.1, 0.15) is 0 Å². The van der Waals surface area contributed by atoms with Crippen LogP contribution in [-0.2, 0) is 4.79 Å². The van der Waals surface area contributed by atoms with Crippen LogP contribution in [0.15, 0.2) is 17.1 Å². The molecule has 2 atom stereocenters. The fraction of sp³-hybridized carbons (Fsp3) is 0.600. The van der Waals surface area contributed by atoms with Gasteiger partial charge in [-0.3, -0.25) is 24.6 Å². The number of thioether (sulfide) groups is 1. The number of hydrogen-bond donors (Lipinski definition) is 1. The average Bonchev–Trinajstić information content (AvgIpc) is 2.94. The molecular formula is C20H26F3N3O4S. The Labute approximate surface area is 183 Å². The third-order valence-corrected chi connectivity index (χ3v) is 7.02. The van der Waals surface area contributed by atoms with Crippen LogP contribution in [0, 0.1) is 0 Å². The SMILES string of the molecule is CC1SC(=NC2CCCCCC2)N(C)C1CC(=O)Nc1ccc(OF)c(OF)c1OF. The van der Waals surface area contributed by atoms with Gasteiger partial charge in [-0.1, -0.05) is 44.4 Å². The quantitative estimate of drug-likeness (QED) is 0.554. The fourth-order valence-corrected chi connectivity index (χ4v) is 5.28. The van der Waals surface area contributed by atoms with Gasteiger partial charge in [-0.05, 0) is 25.0 Å². The fourth-order valence-electron chi connectivity index (χ4n) is 4.00. The van der Waals surface area contributed by atoms with Crippen molar-refractivity contribution in [3.8, 4) is 17.2 Å². The smallest absolute Gasteiger partial charge is 0.266 e. The van der Waals surface area contributed by atoms with Crippen molar-refractivity contribution in [3.05, 3.63) is 12.1 Å². The molecule has 2 fully saturated rings. The van der Waals surface area contributed by atoms with Crippen molar-refractivity contribution in [1.82, 2.24) is 4.90 Å². The van der Waals surface area contributed by atoms with E-state index >= 15 is 0 Å². The van der Waals surface area contributed by atoms with Crippen molar-refractivity contribution in [2.75, 3.05) is 12.4 Å². The van der Waals surface area contributed by atoms with Gasteiger partial charge in [-0.15, -0.1) is 0 Å². The van der Waals surface area contributed by atoms with Gasteiger partial charge in [-0.2, -0.15) is 0 Å². The molecule has 1 aliphatic carbocycles. The van der Waals surface area contributed by atoms with Gasteiger partial charge in [0.25, 0.3) is 5.75 Å². The number of carbonyl (C=O) groups is 1. The second-order valence-corrected chi connectivity index (χ2v) is 9.16. The summed E-state index contributed by atoms with van der Waals surface area (Å²) in [6.07, 6.45) is 7.14. The Hall–Kier alpha value is -2.30. The first-order chi connectivity index (χ1) is 15.0. The topological polar surface area (TPSA) is 72.4 Å². The summed E-state index contributed by atoms with van der Waals surface area (Å²) < 4.78 is 38.1. The molecule has 3 rings (SSSR count). The first kappa shape index (κ1) is 23.4. The predicted molar refractivity (Wildman–Crippen MR) is 112 cm³/mol. The highest BCUT2D eigenvalue weighted by molar-refractivity contribution is 8.14. The average molecular weight is 462 g/mol. The maximum absolute atomic E-state index is 12.9. The Bertz CT molecular complexity index is 806. The van der Waals surface area contributed by atoms with Gasteiger partial charge < -0.3 is 10.2 Å². The second-order valence-electron chi connectivity index (χ2n) is 7.81. The lowest BCUT2D eigenvalue weighted by atomic mass is 10.1. The van der Waals surface area contributed by atoms with Crippen LogP contribution in [0.5, 0.6) is 17.2 Å². The summed E-state index contributed by atoms with van der Waals surface area (Å²) in [5.41, 5.74) is -0.214. The van der Waals surface area contributed by atoms with Crippen molar-refractivity contribution in [2.24, 2.45) is 4.99 Å². The molecule has 0 radical (unpaired) electrons. The van der Waals surface area contributed by atoms with E-state index in [2.05, 4.69) is 20.1 Å². The van der Waals surface area contributed by atoms with E-state index in [1.165, 1.54) is 25.7 Å². The highest BCUT2D eigenvalue weighted by Crippen LogP contribution is 2.44. The number of anilines is 1. The van der Waals surface area contributed by atoms with Crippen molar-refractivity contribution in [3.63, 3.8) is 0 Å². The van der Waals surface area contributed by atoms with E-state index in [0.29, 0.717) is 6.04 Å². The summed E-state index contributed by atoms with van der Waals surface area (Å²) in [4.78, 5) is 30.0. The molecule has 1 aromatic rings. The molecule has 0 aromatic heterocycles. The Morgan fingerprint density at radius 1 is 1.13 bits per heavy atom. The molecule has 1 saturated heterocycles. The van der Waals surface area contributed by atoms with E-state index in [4.69, 9.17) is 4.99 Å². The Morgan fingerprint density at radius 3 is 2.42 bits per heavy atom. The van der Waals surface area contributed by atoms with Crippen LogP contribution in [0.4, 0.5) is 19.3 Å². The number of benzene rings is 1. The maximum Gasteiger partial charge on any atom is 0.266 e. The van der Waals surface area contributed by atoms with Crippen molar-refractivity contribution < 1.29 is 33.2 Å². The normalized spacial score (nSPS) is 23.5. The van der Waals surface area contributed by atoms with Crippen LogP contribution >= 0.6 is 11.8 Å². The van der Waals surface area contributed by atoms with Gasteiger partial charge in [0.2, 0.25) is 17.4 Å². The number of nitrogens with one attached hydrogen (secondary N) is 1. The lowest BCUT2D eigenvalue weighted by molar-refractivity contribution is -0.117. The largest absolute Gasteiger partial charge is 0.350 e. The zero-order valence-corrected chi connectivity index (χ0v) is 18.2. The minimum Gasteiger partial charge on any atom is -0.350 e. The molecule has 2 aliphatic rings. The summed E-state index contributed by atoms with van der Waals surface area (Å²) in [7, 11) is 1.91. The summed E-state index contributed by atoms with van der Waals surface area (Å²) in [5, 5.41) is 3.49. The Morgan fingerprint density at radius 2 is 1.81 bits per heavy atom. The van der Waals surface area contributed by atoms with Gasteiger partial charge in [0.05, 0.1) is 17.8 Å². The van der Waals surface area contributed by atoms with E-state index in [9.17, 15) is 18.4 Å². The number of aliphatic imine (C=N–C) groups is 1. The second kappa shape index (κ2) is 10.8. The van der Waals surface area contributed by atoms with Crippen LogP contribution in [0.3, 0.4) is 0 Å². The summed E-state index contributed by atoms with van der Waals surface area (Å²) in [6, 6.07) is 2.28. The number of halogens is 3. The molecule has 11 heteroatoms. The molecule has 0 spiro atoms. The lowest BCUT2D eigenvalue weighted by Crippen LogP contribution is -2.36. The number of amides is 1. The van der Waals surface area contributed by atoms with Gasteiger partial charge >= 0.3 is 0 Å². The zero-order valence-electron chi connectivity index (χ0n) is 17.4. The molecule has 1 saturated carbocycles. The van der Waals surface area contributed by atoms with Crippen molar-refractivity contribution in [1.29, 1.82) is 0 Å². The number of hydrogen-bond acceptors (Lipinski definition) is 6. The molecule has 31 heavy (non-hydrogen) atoms. The van der Waals surface area contributed by atoms with E-state index in [1.807, 2.05) is 18.9 Å². The van der Waals surface area contributed by atoms with E-state index in [0.717, 1.165) is 30.1 Å². The summed E-state index contributed by atoms with van der Waals surface area (Å²) >= 11 is 1.63. The molecular weight excluding hydrogens is 435 g/mol. The number of rotatable bonds is 7. The molecule has 1 aliphatic heterocycles. The third-order valence-electron chi connectivity index (χ3n) is 5.73. The highest BCUT2D eigenvalue weighted by atomic mass is 32.2. The molecule has 172 valence electrons. The number of amidine groups is 1. The summed E-state index contributed by atoms with van der Waals surface area (Å²) in [5.74, 6) is -2.96. The van der Waals surface area contributed by atoms with E-state index in [1.54, 1.807) is 11.8 Å². The first-order valence-corrected chi connectivity index (χ1v) is 11.2. The highest BCUT2D eigenvalue weighted by Gasteiger charge is 2.36. The Balaban J connectivity index is 1.68. The van der Waals surface area contributed by atoms with Crippen LogP contribution < -0.4 is 20.1 Å². The van der Waals surface area contributed by atoms with Gasteiger partial charge in [0.15, 0.2) is 5.17 Å². The van der Waals surface area contributed by atoms with E-state index in [-0.39, 0.29) is 23.4 Å². The molecule has 1 aromatic carbocycles. The molecule has 1 heterocycles. The minimum atomic E-state index is -0.956. The third kappa shape index (κ3) is 5.50. The molecule has 7 nitrogen and oxygen atoms in total. The molecule has 1 amide bonds. The molecule has 1 N–H and O–H groups in total. The van der Waals surface area contributed by atoms with Gasteiger partial charge in [-0.25, -0.2) is 0 Å². The standard InChI is InChI=1S/C20H26F3N3O4S/c1-12-15(26(2)20(31-12)24-13-7-5-3-4-6-8-13)11-17(27)25-14-9-10-16(28-21)19(30-23)18(14)29-22/h9-10,12-13,15H,3-8,11H2,1-2H3,(H,25,27). The van der Waals surface area contributed by atoms with E-state index < -0.39 is 23.2 Å².